The van der Waals surface area contributed by atoms with Gasteiger partial charge in [0.2, 0.25) is 0 Å². The summed E-state index contributed by atoms with van der Waals surface area (Å²) < 4.78 is 5.87. The number of hydrogen-bond acceptors (Lipinski definition) is 3. The fraction of sp³-hybridized carbons (Fsp3) is 0.462. The monoisotopic (exact) mass is 314 g/mol. The molecule has 5 heteroatoms. The number of ether oxygens (including phenoxy) is 1. The highest BCUT2D eigenvalue weighted by Crippen LogP contribution is 2.22. The zero-order valence-electron chi connectivity index (χ0n) is 10.9. The van der Waals surface area contributed by atoms with E-state index in [1.807, 2.05) is 0 Å². The number of nitrogens with one attached hydrogen (secondary N) is 2. The van der Waals surface area contributed by atoms with E-state index in [1.165, 1.54) is 0 Å². The minimum atomic E-state index is -0.105. The van der Waals surface area contributed by atoms with Crippen molar-refractivity contribution in [3.8, 4) is 5.75 Å². The fourth-order valence-electron chi connectivity index (χ4n) is 1.44. The van der Waals surface area contributed by atoms with Gasteiger partial charge >= 0.3 is 0 Å². The number of rotatable bonds is 6. The standard InChI is InChI=1S/C13H19BrN2O2/c1-9(2)15-6-7-16-13(17)11-8-10(18-3)4-5-12(11)14/h4-5,8-9,15H,6-7H2,1-3H3,(H,16,17). The minimum Gasteiger partial charge on any atom is -0.497 e. The van der Waals surface area contributed by atoms with Crippen molar-refractivity contribution < 1.29 is 9.53 Å². The van der Waals surface area contributed by atoms with Crippen LogP contribution in [0.3, 0.4) is 0 Å². The molecule has 1 amide bonds. The largest absolute Gasteiger partial charge is 0.497 e. The third kappa shape index (κ3) is 4.66. The van der Waals surface area contributed by atoms with Gasteiger partial charge in [0.15, 0.2) is 0 Å². The first-order valence-corrected chi connectivity index (χ1v) is 6.69. The van der Waals surface area contributed by atoms with Gasteiger partial charge in [-0.15, -0.1) is 0 Å². The summed E-state index contributed by atoms with van der Waals surface area (Å²) in [5.41, 5.74) is 0.582. The van der Waals surface area contributed by atoms with Gasteiger partial charge in [0.05, 0.1) is 12.7 Å². The zero-order chi connectivity index (χ0) is 13.5. The van der Waals surface area contributed by atoms with Crippen LogP contribution in [0, 0.1) is 0 Å². The van der Waals surface area contributed by atoms with Crippen LogP contribution in [0.15, 0.2) is 22.7 Å². The van der Waals surface area contributed by atoms with Crippen LogP contribution in [0.2, 0.25) is 0 Å². The average molecular weight is 315 g/mol. The normalized spacial score (nSPS) is 10.5. The van der Waals surface area contributed by atoms with Crippen molar-refractivity contribution in [2.45, 2.75) is 19.9 Å². The van der Waals surface area contributed by atoms with Crippen molar-refractivity contribution in [2.75, 3.05) is 20.2 Å². The SMILES string of the molecule is COc1ccc(Br)c(C(=O)NCCNC(C)C)c1. The molecule has 4 nitrogen and oxygen atoms in total. The zero-order valence-corrected chi connectivity index (χ0v) is 12.5. The highest BCUT2D eigenvalue weighted by atomic mass is 79.9. The summed E-state index contributed by atoms with van der Waals surface area (Å²) in [6.07, 6.45) is 0. The highest BCUT2D eigenvalue weighted by Gasteiger charge is 2.10. The maximum Gasteiger partial charge on any atom is 0.252 e. The number of carbonyl (C=O) groups is 1. The fourth-order valence-corrected chi connectivity index (χ4v) is 1.86. The summed E-state index contributed by atoms with van der Waals surface area (Å²) in [5.74, 6) is 0.565. The van der Waals surface area contributed by atoms with Crippen molar-refractivity contribution in [3.63, 3.8) is 0 Å². The van der Waals surface area contributed by atoms with E-state index in [1.54, 1.807) is 25.3 Å². The van der Waals surface area contributed by atoms with Gasteiger partial charge in [-0.05, 0) is 34.1 Å². The van der Waals surface area contributed by atoms with Gasteiger partial charge < -0.3 is 15.4 Å². The van der Waals surface area contributed by atoms with Crippen LogP contribution in [0.1, 0.15) is 24.2 Å². The first-order valence-electron chi connectivity index (χ1n) is 5.89. The molecule has 0 fully saturated rings. The lowest BCUT2D eigenvalue weighted by molar-refractivity contribution is 0.0952. The second kappa shape index (κ2) is 7.38. The Labute approximate surface area is 116 Å². The van der Waals surface area contributed by atoms with Crippen LogP contribution in [0.5, 0.6) is 5.75 Å². The van der Waals surface area contributed by atoms with E-state index in [-0.39, 0.29) is 5.91 Å². The molecule has 0 unspecified atom stereocenters. The van der Waals surface area contributed by atoms with E-state index in [0.717, 1.165) is 11.0 Å². The summed E-state index contributed by atoms with van der Waals surface area (Å²) >= 11 is 3.36. The average Bonchev–Trinajstić information content (AvgIpc) is 2.34. The topological polar surface area (TPSA) is 50.4 Å². The van der Waals surface area contributed by atoms with Crippen molar-refractivity contribution in [3.05, 3.63) is 28.2 Å². The maximum atomic E-state index is 12.0. The first kappa shape index (κ1) is 15.0. The van der Waals surface area contributed by atoms with Gasteiger partial charge in [-0.2, -0.15) is 0 Å². The molecule has 1 rings (SSSR count). The number of hydrogen-bond donors (Lipinski definition) is 2. The Morgan fingerprint density at radius 3 is 2.72 bits per heavy atom. The molecule has 0 aliphatic heterocycles. The number of halogens is 1. The molecule has 100 valence electrons. The van der Waals surface area contributed by atoms with Crippen LogP contribution >= 0.6 is 15.9 Å². The van der Waals surface area contributed by atoms with Gasteiger partial charge in [-0.1, -0.05) is 13.8 Å². The molecular weight excluding hydrogens is 296 g/mol. The molecule has 0 atom stereocenters. The molecule has 18 heavy (non-hydrogen) atoms. The molecule has 1 aromatic rings. The Morgan fingerprint density at radius 2 is 2.11 bits per heavy atom. The van der Waals surface area contributed by atoms with Crippen LogP contribution in [-0.4, -0.2) is 32.1 Å². The molecule has 0 saturated heterocycles. The predicted octanol–water partition coefficient (Wildman–Crippen LogP) is 2.19. The molecule has 0 bridgehead atoms. The van der Waals surface area contributed by atoms with E-state index in [4.69, 9.17) is 4.74 Å². The lowest BCUT2D eigenvalue weighted by Gasteiger charge is -2.10. The molecule has 0 heterocycles. The molecule has 0 aliphatic carbocycles. The quantitative estimate of drug-likeness (QED) is 0.791. The third-order valence-electron chi connectivity index (χ3n) is 2.38. The van der Waals surface area contributed by atoms with E-state index >= 15 is 0 Å². The smallest absolute Gasteiger partial charge is 0.252 e. The summed E-state index contributed by atoms with van der Waals surface area (Å²) in [6, 6.07) is 5.75. The molecule has 1 aromatic carbocycles. The summed E-state index contributed by atoms with van der Waals surface area (Å²) in [7, 11) is 1.58. The third-order valence-corrected chi connectivity index (χ3v) is 3.07. The number of carbonyl (C=O) groups excluding carboxylic acids is 1. The summed E-state index contributed by atoms with van der Waals surface area (Å²) in [6.45, 7) is 5.49. The van der Waals surface area contributed by atoms with Crippen LogP contribution in [-0.2, 0) is 0 Å². The molecule has 0 spiro atoms. The van der Waals surface area contributed by atoms with Gasteiger partial charge in [0.1, 0.15) is 5.75 Å². The van der Waals surface area contributed by atoms with Gasteiger partial charge in [0, 0.05) is 23.6 Å². The molecular formula is C13H19BrN2O2. The predicted molar refractivity (Wildman–Crippen MR) is 76.2 cm³/mol. The van der Waals surface area contributed by atoms with Crippen molar-refractivity contribution in [1.29, 1.82) is 0 Å². The number of amides is 1. The molecule has 2 N–H and O–H groups in total. The van der Waals surface area contributed by atoms with E-state index < -0.39 is 0 Å². The highest BCUT2D eigenvalue weighted by molar-refractivity contribution is 9.10. The van der Waals surface area contributed by atoms with E-state index in [9.17, 15) is 4.79 Å². The lowest BCUT2D eigenvalue weighted by Crippen LogP contribution is -2.34. The maximum absolute atomic E-state index is 12.0. The van der Waals surface area contributed by atoms with Crippen molar-refractivity contribution in [1.82, 2.24) is 10.6 Å². The Kier molecular flexibility index (Phi) is 6.15. The van der Waals surface area contributed by atoms with Gasteiger partial charge in [0.25, 0.3) is 5.91 Å². The van der Waals surface area contributed by atoms with Crippen molar-refractivity contribution >= 4 is 21.8 Å². The van der Waals surface area contributed by atoms with E-state index in [0.29, 0.717) is 23.9 Å². The van der Waals surface area contributed by atoms with Crippen LogP contribution in [0.4, 0.5) is 0 Å². The first-order chi connectivity index (χ1) is 8.54. The summed E-state index contributed by atoms with van der Waals surface area (Å²) in [5, 5.41) is 6.10. The lowest BCUT2D eigenvalue weighted by atomic mass is 10.2. The second-order valence-corrected chi connectivity index (χ2v) is 5.06. The number of benzene rings is 1. The Hall–Kier alpha value is -1.07. The number of methoxy groups -OCH3 is 1. The van der Waals surface area contributed by atoms with E-state index in [2.05, 4.69) is 40.4 Å². The Balaban J connectivity index is 2.55. The molecule has 0 saturated carbocycles. The second-order valence-electron chi connectivity index (χ2n) is 4.21. The van der Waals surface area contributed by atoms with Crippen LogP contribution < -0.4 is 15.4 Å². The molecule has 0 aliphatic rings. The molecule has 0 aromatic heterocycles. The minimum absolute atomic E-state index is 0.105. The Bertz CT molecular complexity index is 408. The van der Waals surface area contributed by atoms with Gasteiger partial charge in [-0.3, -0.25) is 4.79 Å². The van der Waals surface area contributed by atoms with Crippen molar-refractivity contribution in [2.24, 2.45) is 0 Å². The van der Waals surface area contributed by atoms with Gasteiger partial charge in [-0.25, -0.2) is 0 Å². The molecule has 0 radical (unpaired) electrons. The Morgan fingerprint density at radius 1 is 1.39 bits per heavy atom. The summed E-state index contributed by atoms with van der Waals surface area (Å²) in [4.78, 5) is 12.0. The van der Waals surface area contributed by atoms with Crippen LogP contribution in [0.25, 0.3) is 0 Å².